The van der Waals surface area contributed by atoms with Gasteiger partial charge in [0.2, 0.25) is 0 Å². The summed E-state index contributed by atoms with van der Waals surface area (Å²) in [5.41, 5.74) is 2.38. The molecule has 0 unspecified atom stereocenters. The molecule has 0 fully saturated rings. The minimum absolute atomic E-state index is 0.546. The summed E-state index contributed by atoms with van der Waals surface area (Å²) >= 11 is 0. The molecule has 2 N–H and O–H groups in total. The number of hydrogen-bond acceptors (Lipinski definition) is 4. The number of hydrogen-bond donors (Lipinski definition) is 2. The van der Waals surface area contributed by atoms with Crippen LogP contribution in [0.1, 0.15) is 45.0 Å². The van der Waals surface area contributed by atoms with E-state index in [9.17, 15) is 0 Å². The maximum Gasteiger partial charge on any atom is 0.136 e. The predicted molar refractivity (Wildman–Crippen MR) is 89.4 cm³/mol. The van der Waals surface area contributed by atoms with Crippen LogP contribution >= 0.6 is 0 Å². The van der Waals surface area contributed by atoms with Crippen LogP contribution in [0.2, 0.25) is 0 Å². The lowest BCUT2D eigenvalue weighted by molar-refractivity contribution is 0.867. The standard InChI is InChI=1S/C17H24N4/c1-5-15-20-16(18-6-2)11-17(21-15)19-14-9-7-13(8-10-14)12(3)4/h7-12H,5-6H2,1-4H3,(H2,18,19,20,21). The first-order valence-corrected chi connectivity index (χ1v) is 7.61. The highest BCUT2D eigenvalue weighted by atomic mass is 15.1. The molecule has 0 spiro atoms. The molecule has 2 rings (SSSR count). The first kappa shape index (κ1) is 15.3. The highest BCUT2D eigenvalue weighted by molar-refractivity contribution is 5.59. The molecule has 1 heterocycles. The Hall–Kier alpha value is -2.10. The molecule has 0 bridgehead atoms. The van der Waals surface area contributed by atoms with Gasteiger partial charge in [-0.15, -0.1) is 0 Å². The Morgan fingerprint density at radius 1 is 1.00 bits per heavy atom. The number of aryl methyl sites for hydroxylation is 1. The summed E-state index contributed by atoms with van der Waals surface area (Å²) in [5.74, 6) is 3.08. The molecule has 1 aromatic carbocycles. The second-order valence-electron chi connectivity index (χ2n) is 5.34. The molecule has 0 saturated carbocycles. The first-order chi connectivity index (χ1) is 10.1. The van der Waals surface area contributed by atoms with Crippen LogP contribution in [0.5, 0.6) is 0 Å². The molecule has 0 atom stereocenters. The van der Waals surface area contributed by atoms with Crippen molar-refractivity contribution in [2.75, 3.05) is 17.2 Å². The van der Waals surface area contributed by atoms with Gasteiger partial charge in [0.15, 0.2) is 0 Å². The summed E-state index contributed by atoms with van der Waals surface area (Å²) in [6, 6.07) is 10.4. The molecule has 0 aliphatic carbocycles. The number of nitrogens with one attached hydrogen (secondary N) is 2. The Morgan fingerprint density at radius 3 is 2.24 bits per heavy atom. The van der Waals surface area contributed by atoms with E-state index in [0.717, 1.165) is 36.1 Å². The lowest BCUT2D eigenvalue weighted by atomic mass is 10.0. The van der Waals surface area contributed by atoms with Crippen LogP contribution in [0, 0.1) is 0 Å². The van der Waals surface area contributed by atoms with Crippen LogP contribution in [0.3, 0.4) is 0 Å². The van der Waals surface area contributed by atoms with Gasteiger partial charge in [0.25, 0.3) is 0 Å². The number of anilines is 3. The Balaban J connectivity index is 2.19. The van der Waals surface area contributed by atoms with E-state index < -0.39 is 0 Å². The van der Waals surface area contributed by atoms with Crippen LogP contribution < -0.4 is 10.6 Å². The molecule has 0 saturated heterocycles. The van der Waals surface area contributed by atoms with E-state index in [4.69, 9.17) is 0 Å². The summed E-state index contributed by atoms with van der Waals surface area (Å²) in [7, 11) is 0. The number of nitrogens with zero attached hydrogens (tertiary/aromatic N) is 2. The fourth-order valence-corrected chi connectivity index (χ4v) is 2.09. The van der Waals surface area contributed by atoms with E-state index in [2.05, 4.69) is 72.6 Å². The summed E-state index contributed by atoms with van der Waals surface area (Å²) in [4.78, 5) is 8.98. The highest BCUT2D eigenvalue weighted by Gasteiger charge is 2.04. The third kappa shape index (κ3) is 4.18. The van der Waals surface area contributed by atoms with Crippen molar-refractivity contribution in [1.82, 2.24) is 9.97 Å². The Kier molecular flexibility index (Phi) is 5.14. The van der Waals surface area contributed by atoms with Crippen LogP contribution in [0.15, 0.2) is 30.3 Å². The monoisotopic (exact) mass is 284 g/mol. The van der Waals surface area contributed by atoms with Crippen molar-refractivity contribution in [3.63, 3.8) is 0 Å². The van der Waals surface area contributed by atoms with E-state index in [0.29, 0.717) is 5.92 Å². The smallest absolute Gasteiger partial charge is 0.136 e. The molecule has 21 heavy (non-hydrogen) atoms. The van der Waals surface area contributed by atoms with Crippen LogP contribution in [0.4, 0.5) is 17.3 Å². The largest absolute Gasteiger partial charge is 0.370 e. The zero-order chi connectivity index (χ0) is 15.2. The van der Waals surface area contributed by atoms with Crippen LogP contribution in [-0.4, -0.2) is 16.5 Å². The average Bonchev–Trinajstić information content (AvgIpc) is 2.48. The van der Waals surface area contributed by atoms with Gasteiger partial charge in [-0.05, 0) is 30.5 Å². The van der Waals surface area contributed by atoms with Gasteiger partial charge < -0.3 is 10.6 Å². The zero-order valence-corrected chi connectivity index (χ0v) is 13.3. The normalized spacial score (nSPS) is 10.7. The summed E-state index contributed by atoms with van der Waals surface area (Å²) < 4.78 is 0. The van der Waals surface area contributed by atoms with Crippen molar-refractivity contribution in [2.45, 2.75) is 40.0 Å². The minimum Gasteiger partial charge on any atom is -0.370 e. The Labute approximate surface area is 127 Å². The van der Waals surface area contributed by atoms with Crippen molar-refractivity contribution in [3.8, 4) is 0 Å². The molecule has 4 nitrogen and oxygen atoms in total. The summed E-state index contributed by atoms with van der Waals surface area (Å²) in [6.45, 7) is 9.37. The van der Waals surface area contributed by atoms with E-state index in [1.807, 2.05) is 6.07 Å². The van der Waals surface area contributed by atoms with E-state index >= 15 is 0 Å². The predicted octanol–water partition coefficient (Wildman–Crippen LogP) is 4.34. The molecule has 1 aromatic heterocycles. The van der Waals surface area contributed by atoms with Crippen molar-refractivity contribution in [3.05, 3.63) is 41.7 Å². The average molecular weight is 284 g/mol. The van der Waals surface area contributed by atoms with Crippen molar-refractivity contribution < 1.29 is 0 Å². The third-order valence-electron chi connectivity index (χ3n) is 3.30. The van der Waals surface area contributed by atoms with Crippen LogP contribution in [0.25, 0.3) is 0 Å². The molecule has 2 aromatic rings. The molecule has 4 heteroatoms. The fraction of sp³-hybridized carbons (Fsp3) is 0.412. The van der Waals surface area contributed by atoms with Crippen molar-refractivity contribution in [1.29, 1.82) is 0 Å². The molecule has 0 amide bonds. The van der Waals surface area contributed by atoms with Gasteiger partial charge >= 0.3 is 0 Å². The van der Waals surface area contributed by atoms with Crippen molar-refractivity contribution in [2.24, 2.45) is 0 Å². The SMILES string of the molecule is CCNc1cc(Nc2ccc(C(C)C)cc2)nc(CC)n1. The lowest BCUT2D eigenvalue weighted by Crippen LogP contribution is -2.05. The van der Waals surface area contributed by atoms with Gasteiger partial charge in [0.1, 0.15) is 17.5 Å². The molecule has 0 aliphatic heterocycles. The molecular weight excluding hydrogens is 260 g/mol. The van der Waals surface area contributed by atoms with Gasteiger partial charge in [-0.3, -0.25) is 0 Å². The van der Waals surface area contributed by atoms with Crippen molar-refractivity contribution >= 4 is 17.3 Å². The Bertz CT molecular complexity index is 576. The quantitative estimate of drug-likeness (QED) is 0.828. The third-order valence-corrected chi connectivity index (χ3v) is 3.30. The fourth-order valence-electron chi connectivity index (χ4n) is 2.09. The van der Waals surface area contributed by atoms with E-state index in [1.54, 1.807) is 0 Å². The Morgan fingerprint density at radius 2 is 1.67 bits per heavy atom. The topological polar surface area (TPSA) is 49.8 Å². The number of aromatic nitrogens is 2. The minimum atomic E-state index is 0.546. The number of benzene rings is 1. The zero-order valence-electron chi connectivity index (χ0n) is 13.3. The molecular formula is C17H24N4. The number of rotatable bonds is 6. The van der Waals surface area contributed by atoms with Gasteiger partial charge in [-0.25, -0.2) is 9.97 Å². The van der Waals surface area contributed by atoms with Gasteiger partial charge in [-0.2, -0.15) is 0 Å². The van der Waals surface area contributed by atoms with Gasteiger partial charge in [-0.1, -0.05) is 32.9 Å². The molecule has 112 valence electrons. The van der Waals surface area contributed by atoms with Crippen LogP contribution in [-0.2, 0) is 6.42 Å². The second-order valence-corrected chi connectivity index (χ2v) is 5.34. The first-order valence-electron chi connectivity index (χ1n) is 7.61. The maximum atomic E-state index is 4.52. The molecule has 0 radical (unpaired) electrons. The maximum absolute atomic E-state index is 4.52. The highest BCUT2D eigenvalue weighted by Crippen LogP contribution is 2.21. The molecule has 0 aliphatic rings. The van der Waals surface area contributed by atoms with E-state index in [-0.39, 0.29) is 0 Å². The second kappa shape index (κ2) is 7.07. The summed E-state index contributed by atoms with van der Waals surface area (Å²) in [5, 5.41) is 6.59. The van der Waals surface area contributed by atoms with Gasteiger partial charge in [0, 0.05) is 24.7 Å². The lowest BCUT2D eigenvalue weighted by Gasteiger charge is -2.11. The summed E-state index contributed by atoms with van der Waals surface area (Å²) in [6.07, 6.45) is 0.820. The van der Waals surface area contributed by atoms with Gasteiger partial charge in [0.05, 0.1) is 0 Å². The van der Waals surface area contributed by atoms with E-state index in [1.165, 1.54) is 5.56 Å².